The Morgan fingerprint density at radius 2 is 1.97 bits per heavy atom. The fourth-order valence-electron chi connectivity index (χ4n) is 2.60. The molecule has 2 aromatic carbocycles. The first-order chi connectivity index (χ1) is 14.0. The topological polar surface area (TPSA) is 59.8 Å². The maximum atomic E-state index is 13.8. The van der Waals surface area contributed by atoms with Gasteiger partial charge in [-0.05, 0) is 36.8 Å². The molecule has 0 unspecified atom stereocenters. The van der Waals surface area contributed by atoms with E-state index in [1.165, 1.54) is 18.2 Å². The fourth-order valence-corrected chi connectivity index (χ4v) is 3.95. The first-order valence-corrected chi connectivity index (χ1v) is 10.8. The summed E-state index contributed by atoms with van der Waals surface area (Å²) in [6.07, 6.45) is 2.11. The Morgan fingerprint density at radius 1 is 1.17 bits per heavy atom. The molecule has 0 atom stereocenters. The van der Waals surface area contributed by atoms with Crippen molar-refractivity contribution in [2.45, 2.75) is 31.5 Å². The molecule has 1 amide bonds. The molecular formula is C20H19Cl2FN4OS. The maximum Gasteiger partial charge on any atom is 0.254 e. The summed E-state index contributed by atoms with van der Waals surface area (Å²) < 4.78 is 15.7. The zero-order valence-electron chi connectivity index (χ0n) is 15.7. The van der Waals surface area contributed by atoms with Crippen LogP contribution in [0.4, 0.5) is 4.39 Å². The third-order valence-corrected chi connectivity index (χ3v) is 5.87. The molecule has 0 aliphatic heterocycles. The zero-order valence-corrected chi connectivity index (χ0v) is 18.0. The van der Waals surface area contributed by atoms with Crippen LogP contribution in [0, 0.1) is 5.82 Å². The van der Waals surface area contributed by atoms with Crippen molar-refractivity contribution in [3.63, 3.8) is 0 Å². The summed E-state index contributed by atoms with van der Waals surface area (Å²) in [7, 11) is 0. The predicted molar refractivity (Wildman–Crippen MR) is 115 cm³/mol. The third-order valence-electron chi connectivity index (χ3n) is 4.12. The first-order valence-electron chi connectivity index (χ1n) is 9.06. The highest BCUT2D eigenvalue weighted by Crippen LogP contribution is 2.28. The summed E-state index contributed by atoms with van der Waals surface area (Å²) in [5.41, 5.74) is 0.712. The van der Waals surface area contributed by atoms with E-state index in [-0.39, 0.29) is 12.1 Å². The fraction of sp³-hybridized carbons (Fsp3) is 0.250. The zero-order chi connectivity index (χ0) is 20.8. The van der Waals surface area contributed by atoms with E-state index >= 15 is 0 Å². The minimum absolute atomic E-state index is 0.0225. The van der Waals surface area contributed by atoms with Crippen LogP contribution in [-0.4, -0.2) is 26.4 Å². The van der Waals surface area contributed by atoms with Crippen LogP contribution >= 0.6 is 35.0 Å². The second kappa shape index (κ2) is 10.1. The van der Waals surface area contributed by atoms with Crippen molar-refractivity contribution >= 4 is 40.9 Å². The molecule has 1 heterocycles. The number of carbonyl (C=O) groups is 1. The van der Waals surface area contributed by atoms with Gasteiger partial charge in [0.05, 0.1) is 27.8 Å². The van der Waals surface area contributed by atoms with Crippen LogP contribution in [0.5, 0.6) is 0 Å². The Morgan fingerprint density at radius 3 is 2.69 bits per heavy atom. The van der Waals surface area contributed by atoms with Crippen molar-refractivity contribution in [2.75, 3.05) is 5.75 Å². The molecule has 1 aromatic heterocycles. The van der Waals surface area contributed by atoms with Gasteiger partial charge in [0, 0.05) is 5.75 Å². The van der Waals surface area contributed by atoms with Crippen molar-refractivity contribution in [3.8, 4) is 5.69 Å². The molecule has 5 nitrogen and oxygen atoms in total. The van der Waals surface area contributed by atoms with Crippen LogP contribution in [0.2, 0.25) is 10.0 Å². The molecule has 9 heteroatoms. The Balaban J connectivity index is 1.86. The molecule has 0 spiro atoms. The van der Waals surface area contributed by atoms with Gasteiger partial charge in [0.15, 0.2) is 11.0 Å². The van der Waals surface area contributed by atoms with E-state index in [2.05, 4.69) is 22.4 Å². The Hall–Kier alpha value is -2.09. The smallest absolute Gasteiger partial charge is 0.254 e. The van der Waals surface area contributed by atoms with Gasteiger partial charge in [-0.15, -0.1) is 10.2 Å². The van der Waals surface area contributed by atoms with Crippen molar-refractivity contribution in [1.29, 1.82) is 0 Å². The van der Waals surface area contributed by atoms with Crippen LogP contribution < -0.4 is 5.32 Å². The lowest BCUT2D eigenvalue weighted by atomic mass is 10.2. The van der Waals surface area contributed by atoms with Gasteiger partial charge in [0.1, 0.15) is 5.82 Å². The molecule has 0 aliphatic rings. The molecule has 29 heavy (non-hydrogen) atoms. The van der Waals surface area contributed by atoms with E-state index in [4.69, 9.17) is 23.2 Å². The van der Waals surface area contributed by atoms with Crippen LogP contribution in [0.15, 0.2) is 47.6 Å². The van der Waals surface area contributed by atoms with E-state index in [9.17, 15) is 9.18 Å². The van der Waals surface area contributed by atoms with Gasteiger partial charge in [-0.1, -0.05) is 60.4 Å². The number of nitrogens with one attached hydrogen (secondary N) is 1. The lowest BCUT2D eigenvalue weighted by molar-refractivity contribution is 0.0945. The normalized spacial score (nSPS) is 10.9. The molecule has 0 radical (unpaired) electrons. The molecule has 3 rings (SSSR count). The number of thioether (sulfide) groups is 1. The van der Waals surface area contributed by atoms with E-state index in [1.54, 1.807) is 30.0 Å². The van der Waals surface area contributed by atoms with E-state index in [1.807, 2.05) is 10.6 Å². The molecule has 0 saturated carbocycles. The lowest BCUT2D eigenvalue weighted by Crippen LogP contribution is -2.25. The third kappa shape index (κ3) is 5.29. The number of nitrogens with zero attached hydrogens (tertiary/aromatic N) is 3. The first kappa shape index (κ1) is 21.6. The van der Waals surface area contributed by atoms with E-state index in [0.29, 0.717) is 21.0 Å². The largest absolute Gasteiger partial charge is 0.345 e. The average Bonchev–Trinajstić information content (AvgIpc) is 3.11. The van der Waals surface area contributed by atoms with E-state index in [0.717, 1.165) is 24.3 Å². The van der Waals surface area contributed by atoms with Crippen LogP contribution in [-0.2, 0) is 6.54 Å². The van der Waals surface area contributed by atoms with Crippen molar-refractivity contribution in [1.82, 2.24) is 20.1 Å². The highest BCUT2D eigenvalue weighted by molar-refractivity contribution is 7.99. The second-order valence-corrected chi connectivity index (χ2v) is 8.07. The van der Waals surface area contributed by atoms with Gasteiger partial charge in [0.25, 0.3) is 5.91 Å². The van der Waals surface area contributed by atoms with E-state index < -0.39 is 11.7 Å². The molecule has 1 N–H and O–H groups in total. The molecule has 3 aromatic rings. The summed E-state index contributed by atoms with van der Waals surface area (Å²) in [6.45, 7) is 2.20. The highest BCUT2D eigenvalue weighted by atomic mass is 35.5. The van der Waals surface area contributed by atoms with Gasteiger partial charge >= 0.3 is 0 Å². The van der Waals surface area contributed by atoms with Gasteiger partial charge in [-0.25, -0.2) is 4.39 Å². The number of aromatic nitrogens is 3. The number of rotatable bonds is 8. The number of hydrogen-bond donors (Lipinski definition) is 1. The minimum atomic E-state index is -0.577. The summed E-state index contributed by atoms with van der Waals surface area (Å²) in [6, 6.07) is 11.0. The van der Waals surface area contributed by atoms with Crippen LogP contribution in [0.3, 0.4) is 0 Å². The number of unbranched alkanes of at least 4 members (excludes halogenated alkanes) is 1. The monoisotopic (exact) mass is 452 g/mol. The predicted octanol–water partition coefficient (Wildman–Crippen LogP) is 5.54. The molecule has 0 bridgehead atoms. The van der Waals surface area contributed by atoms with Gasteiger partial charge in [0.2, 0.25) is 0 Å². The summed E-state index contributed by atoms with van der Waals surface area (Å²) in [5.74, 6) is 0.295. The number of halogens is 3. The van der Waals surface area contributed by atoms with Crippen molar-refractivity contribution in [2.24, 2.45) is 0 Å². The minimum Gasteiger partial charge on any atom is -0.345 e. The highest BCUT2D eigenvalue weighted by Gasteiger charge is 2.17. The molecule has 0 saturated heterocycles. The molecule has 152 valence electrons. The Bertz CT molecular complexity index is 1010. The summed E-state index contributed by atoms with van der Waals surface area (Å²) in [5, 5.41) is 12.7. The van der Waals surface area contributed by atoms with Crippen molar-refractivity contribution < 1.29 is 9.18 Å². The average molecular weight is 453 g/mol. The van der Waals surface area contributed by atoms with Gasteiger partial charge in [-0.3, -0.25) is 9.36 Å². The number of amides is 1. The number of carbonyl (C=O) groups excluding carboxylic acids is 1. The standard InChI is InChI=1S/C20H19Cl2FN4OS/c1-2-3-10-29-20-26-25-18(27(20)13-8-9-15(21)16(22)11-13)12-24-19(28)14-6-4-5-7-17(14)23/h4-9,11H,2-3,10,12H2,1H3,(H,24,28). The second-order valence-electron chi connectivity index (χ2n) is 6.20. The molecular weight excluding hydrogens is 434 g/mol. The summed E-state index contributed by atoms with van der Waals surface area (Å²) >= 11 is 13.8. The van der Waals surface area contributed by atoms with Gasteiger partial charge < -0.3 is 5.32 Å². The Labute approximate surface area is 182 Å². The Kier molecular flexibility index (Phi) is 7.52. The van der Waals surface area contributed by atoms with Crippen LogP contribution in [0.25, 0.3) is 5.69 Å². The maximum absolute atomic E-state index is 13.8. The lowest BCUT2D eigenvalue weighted by Gasteiger charge is -2.12. The quantitative estimate of drug-likeness (QED) is 0.360. The number of benzene rings is 2. The SMILES string of the molecule is CCCCSc1nnc(CNC(=O)c2ccccc2F)n1-c1ccc(Cl)c(Cl)c1. The van der Waals surface area contributed by atoms with Crippen LogP contribution in [0.1, 0.15) is 35.9 Å². The van der Waals surface area contributed by atoms with Gasteiger partial charge in [-0.2, -0.15) is 0 Å². The number of hydrogen-bond acceptors (Lipinski definition) is 4. The summed E-state index contributed by atoms with van der Waals surface area (Å²) in [4.78, 5) is 12.4. The molecule has 0 fully saturated rings. The van der Waals surface area contributed by atoms with Crippen molar-refractivity contribution in [3.05, 3.63) is 69.7 Å². The molecule has 0 aliphatic carbocycles.